The van der Waals surface area contributed by atoms with Crippen LogP contribution >= 0.6 is 11.8 Å². The molecule has 2 saturated heterocycles. The van der Waals surface area contributed by atoms with Crippen LogP contribution in [0.1, 0.15) is 30.9 Å². The van der Waals surface area contributed by atoms with Crippen LogP contribution in [0.15, 0.2) is 47.4 Å². The van der Waals surface area contributed by atoms with Gasteiger partial charge < -0.3 is 19.3 Å². The Kier molecular flexibility index (Phi) is 6.41. The van der Waals surface area contributed by atoms with Gasteiger partial charge in [-0.1, -0.05) is 0 Å². The minimum atomic E-state index is -0.322. The van der Waals surface area contributed by atoms with Gasteiger partial charge >= 0.3 is 0 Å². The van der Waals surface area contributed by atoms with Crippen molar-refractivity contribution in [2.24, 2.45) is 5.92 Å². The zero-order chi connectivity index (χ0) is 22.0. The zero-order valence-corrected chi connectivity index (χ0v) is 19.0. The molecule has 0 unspecified atom stereocenters. The molecule has 2 heterocycles. The standard InChI is InChI=1S/C24H28N2O4S/c1-29-18-8-11-20(22(14-18)30-2)21-5-4-12-25(21)24(28)16-13-23(27)26(15-16)17-6-9-19(31-3)10-7-17/h6-11,14,16,21H,4-5,12-13,15H2,1-3H3/t16-,21-/m0/s1. The average Bonchev–Trinajstić information content (AvgIpc) is 3.45. The first-order valence-corrected chi connectivity index (χ1v) is 11.7. The number of anilines is 1. The van der Waals surface area contributed by atoms with Crippen LogP contribution in [0.25, 0.3) is 0 Å². The molecule has 7 heteroatoms. The summed E-state index contributed by atoms with van der Waals surface area (Å²) in [4.78, 5) is 31.0. The number of hydrogen-bond acceptors (Lipinski definition) is 5. The Morgan fingerprint density at radius 1 is 1.10 bits per heavy atom. The Hall–Kier alpha value is -2.67. The molecule has 31 heavy (non-hydrogen) atoms. The fraction of sp³-hybridized carbons (Fsp3) is 0.417. The Morgan fingerprint density at radius 3 is 2.55 bits per heavy atom. The highest BCUT2D eigenvalue weighted by Crippen LogP contribution is 2.40. The van der Waals surface area contributed by atoms with Crippen LogP contribution in [0.4, 0.5) is 5.69 Å². The van der Waals surface area contributed by atoms with Crippen LogP contribution in [0.5, 0.6) is 11.5 Å². The Labute approximate surface area is 187 Å². The third-order valence-electron chi connectivity index (χ3n) is 6.19. The van der Waals surface area contributed by atoms with E-state index < -0.39 is 0 Å². The van der Waals surface area contributed by atoms with Crippen LogP contribution in [0.3, 0.4) is 0 Å². The highest BCUT2D eigenvalue weighted by molar-refractivity contribution is 7.98. The molecule has 0 spiro atoms. The number of hydrogen-bond donors (Lipinski definition) is 0. The van der Waals surface area contributed by atoms with Crippen molar-refractivity contribution in [3.8, 4) is 11.5 Å². The molecule has 0 aliphatic carbocycles. The summed E-state index contributed by atoms with van der Waals surface area (Å²) in [6, 6.07) is 13.6. The van der Waals surface area contributed by atoms with Crippen molar-refractivity contribution in [3.05, 3.63) is 48.0 Å². The highest BCUT2D eigenvalue weighted by atomic mass is 32.2. The topological polar surface area (TPSA) is 59.1 Å². The third kappa shape index (κ3) is 4.24. The molecule has 2 aromatic rings. The van der Waals surface area contributed by atoms with Gasteiger partial charge in [0.1, 0.15) is 11.5 Å². The summed E-state index contributed by atoms with van der Waals surface area (Å²) in [7, 11) is 3.26. The van der Waals surface area contributed by atoms with Gasteiger partial charge in [0.05, 0.1) is 26.2 Å². The van der Waals surface area contributed by atoms with E-state index in [1.807, 2.05) is 53.6 Å². The summed E-state index contributed by atoms with van der Waals surface area (Å²) in [5, 5.41) is 0. The minimum absolute atomic E-state index is 0.00743. The van der Waals surface area contributed by atoms with Gasteiger partial charge in [-0.25, -0.2) is 0 Å². The summed E-state index contributed by atoms with van der Waals surface area (Å²) in [6.45, 7) is 1.13. The summed E-state index contributed by atoms with van der Waals surface area (Å²) < 4.78 is 10.9. The number of rotatable bonds is 6. The first-order chi connectivity index (χ1) is 15.0. The fourth-order valence-corrected chi connectivity index (χ4v) is 4.98. The van der Waals surface area contributed by atoms with Gasteiger partial charge in [-0.3, -0.25) is 9.59 Å². The lowest BCUT2D eigenvalue weighted by atomic mass is 10.0. The van der Waals surface area contributed by atoms with Crippen LogP contribution in [0.2, 0.25) is 0 Å². The number of methoxy groups -OCH3 is 2. The molecule has 2 aromatic carbocycles. The third-order valence-corrected chi connectivity index (χ3v) is 6.94. The molecule has 4 rings (SSSR count). The second kappa shape index (κ2) is 9.22. The maximum atomic E-state index is 13.5. The van der Waals surface area contributed by atoms with Gasteiger partial charge in [0.2, 0.25) is 11.8 Å². The summed E-state index contributed by atoms with van der Waals surface area (Å²) in [5.41, 5.74) is 1.84. The second-order valence-electron chi connectivity index (χ2n) is 7.90. The van der Waals surface area contributed by atoms with Crippen molar-refractivity contribution in [3.63, 3.8) is 0 Å². The predicted octanol–water partition coefficient (Wildman–Crippen LogP) is 4.14. The van der Waals surface area contributed by atoms with Crippen molar-refractivity contribution in [1.29, 1.82) is 0 Å². The number of thioether (sulfide) groups is 1. The zero-order valence-electron chi connectivity index (χ0n) is 18.2. The number of likely N-dealkylation sites (tertiary alicyclic amines) is 1. The van der Waals surface area contributed by atoms with Crippen molar-refractivity contribution in [2.45, 2.75) is 30.2 Å². The maximum absolute atomic E-state index is 13.5. The van der Waals surface area contributed by atoms with Gasteiger partial charge in [0.25, 0.3) is 0 Å². The van der Waals surface area contributed by atoms with Crippen molar-refractivity contribution < 1.29 is 19.1 Å². The predicted molar refractivity (Wildman–Crippen MR) is 122 cm³/mol. The van der Waals surface area contributed by atoms with Crippen LogP contribution in [0, 0.1) is 5.92 Å². The van der Waals surface area contributed by atoms with E-state index in [0.29, 0.717) is 13.1 Å². The number of carbonyl (C=O) groups excluding carboxylic acids is 2. The first kappa shape index (κ1) is 21.6. The Bertz CT molecular complexity index is 963. The molecule has 2 aliphatic rings. The molecule has 6 nitrogen and oxygen atoms in total. The van der Waals surface area contributed by atoms with E-state index in [-0.39, 0.29) is 30.2 Å². The minimum Gasteiger partial charge on any atom is -0.497 e. The molecule has 0 aromatic heterocycles. The number of nitrogens with zero attached hydrogens (tertiary/aromatic N) is 2. The quantitative estimate of drug-likeness (QED) is 0.632. The average molecular weight is 441 g/mol. The van der Waals surface area contributed by atoms with Crippen LogP contribution < -0.4 is 14.4 Å². The summed E-state index contributed by atoms with van der Waals surface area (Å²) in [6.07, 6.45) is 4.10. The largest absolute Gasteiger partial charge is 0.497 e. The van der Waals surface area contributed by atoms with Crippen molar-refractivity contribution >= 4 is 29.3 Å². The van der Waals surface area contributed by atoms with E-state index in [2.05, 4.69) is 0 Å². The SMILES string of the molecule is COc1ccc([C@@H]2CCCN2C(=O)[C@H]2CC(=O)N(c3ccc(SC)cc3)C2)c(OC)c1. The van der Waals surface area contributed by atoms with E-state index in [1.165, 1.54) is 0 Å². The molecule has 2 fully saturated rings. The van der Waals surface area contributed by atoms with Crippen molar-refractivity contribution in [2.75, 3.05) is 38.5 Å². The molecule has 2 amide bonds. The summed E-state index contributed by atoms with van der Waals surface area (Å²) in [5.74, 6) is 1.19. The molecular weight excluding hydrogens is 412 g/mol. The lowest BCUT2D eigenvalue weighted by molar-refractivity contribution is -0.136. The number of ether oxygens (including phenoxy) is 2. The van der Waals surface area contributed by atoms with Gasteiger partial charge in [0, 0.05) is 41.7 Å². The van der Waals surface area contributed by atoms with E-state index >= 15 is 0 Å². The van der Waals surface area contributed by atoms with E-state index in [1.54, 1.807) is 30.9 Å². The fourth-order valence-electron chi connectivity index (χ4n) is 4.57. The van der Waals surface area contributed by atoms with Gasteiger partial charge in [-0.15, -0.1) is 11.8 Å². The lowest BCUT2D eigenvalue weighted by Gasteiger charge is -2.28. The molecule has 2 atom stereocenters. The Balaban J connectivity index is 1.52. The second-order valence-corrected chi connectivity index (χ2v) is 8.78. The maximum Gasteiger partial charge on any atom is 0.228 e. The number of carbonyl (C=O) groups is 2. The van der Waals surface area contributed by atoms with E-state index in [0.717, 1.165) is 40.5 Å². The number of amides is 2. The normalized spacial score (nSPS) is 20.9. The molecule has 0 saturated carbocycles. The monoisotopic (exact) mass is 440 g/mol. The number of benzene rings is 2. The molecule has 2 aliphatic heterocycles. The molecule has 164 valence electrons. The van der Waals surface area contributed by atoms with Crippen LogP contribution in [-0.4, -0.2) is 50.3 Å². The highest BCUT2D eigenvalue weighted by Gasteiger charge is 2.41. The Morgan fingerprint density at radius 2 is 1.87 bits per heavy atom. The lowest BCUT2D eigenvalue weighted by Crippen LogP contribution is -2.37. The van der Waals surface area contributed by atoms with E-state index in [4.69, 9.17) is 9.47 Å². The van der Waals surface area contributed by atoms with Crippen LogP contribution in [-0.2, 0) is 9.59 Å². The van der Waals surface area contributed by atoms with Gasteiger partial charge in [0.15, 0.2) is 0 Å². The smallest absolute Gasteiger partial charge is 0.228 e. The first-order valence-electron chi connectivity index (χ1n) is 10.5. The van der Waals surface area contributed by atoms with Crippen molar-refractivity contribution in [1.82, 2.24) is 4.90 Å². The molecular formula is C24H28N2O4S. The molecule has 0 radical (unpaired) electrons. The summed E-state index contributed by atoms with van der Waals surface area (Å²) >= 11 is 1.66. The van der Waals surface area contributed by atoms with Gasteiger partial charge in [-0.05, 0) is 55.5 Å². The molecule has 0 N–H and O–H groups in total. The van der Waals surface area contributed by atoms with E-state index in [9.17, 15) is 9.59 Å². The van der Waals surface area contributed by atoms with Gasteiger partial charge in [-0.2, -0.15) is 0 Å². The molecule has 0 bridgehead atoms.